The summed E-state index contributed by atoms with van der Waals surface area (Å²) in [6, 6.07) is 12.0. The molecule has 1 atom stereocenters. The summed E-state index contributed by atoms with van der Waals surface area (Å²) in [5.41, 5.74) is 1.98. The van der Waals surface area contributed by atoms with Crippen molar-refractivity contribution in [3.05, 3.63) is 58.9 Å². The predicted octanol–water partition coefficient (Wildman–Crippen LogP) is 3.38. The van der Waals surface area contributed by atoms with Crippen LogP contribution >= 0.6 is 11.6 Å². The molecular formula is C20H20ClFN2O2. The molecule has 2 aromatic carbocycles. The molecule has 4 rings (SSSR count). The number of ether oxygens (including phenoxy) is 1. The highest BCUT2D eigenvalue weighted by atomic mass is 35.5. The van der Waals surface area contributed by atoms with E-state index in [4.69, 9.17) is 16.3 Å². The maximum absolute atomic E-state index is 13.1. The molecule has 2 aliphatic rings. The number of carbonyl (C=O) groups is 1. The first-order chi connectivity index (χ1) is 12.6. The Morgan fingerprint density at radius 1 is 1.08 bits per heavy atom. The van der Waals surface area contributed by atoms with E-state index < -0.39 is 0 Å². The molecule has 26 heavy (non-hydrogen) atoms. The van der Waals surface area contributed by atoms with Gasteiger partial charge in [0.05, 0.1) is 5.92 Å². The van der Waals surface area contributed by atoms with Gasteiger partial charge in [-0.3, -0.25) is 4.79 Å². The van der Waals surface area contributed by atoms with E-state index in [1.807, 2.05) is 17.0 Å². The Morgan fingerprint density at radius 2 is 1.81 bits per heavy atom. The maximum atomic E-state index is 13.1. The lowest BCUT2D eigenvalue weighted by molar-refractivity contribution is -0.137. The molecule has 1 saturated heterocycles. The summed E-state index contributed by atoms with van der Waals surface area (Å²) in [5, 5.41) is 0.661. The highest BCUT2D eigenvalue weighted by molar-refractivity contribution is 6.30. The van der Waals surface area contributed by atoms with Crippen LogP contribution in [0.25, 0.3) is 0 Å². The Bertz CT molecular complexity index is 804. The van der Waals surface area contributed by atoms with E-state index in [1.165, 1.54) is 12.1 Å². The molecule has 6 heteroatoms. The molecule has 0 aromatic heterocycles. The summed E-state index contributed by atoms with van der Waals surface area (Å²) in [6.07, 6.45) is 0.660. The molecule has 0 saturated carbocycles. The molecule has 0 spiro atoms. The quantitative estimate of drug-likeness (QED) is 0.808. The number of anilines is 1. The van der Waals surface area contributed by atoms with Gasteiger partial charge in [-0.1, -0.05) is 11.6 Å². The Hall–Kier alpha value is -2.27. The zero-order valence-corrected chi connectivity index (χ0v) is 15.1. The first-order valence-electron chi connectivity index (χ1n) is 8.81. The number of rotatable bonds is 2. The minimum atomic E-state index is -0.236. The van der Waals surface area contributed by atoms with Crippen molar-refractivity contribution in [2.24, 2.45) is 5.92 Å². The summed E-state index contributed by atoms with van der Waals surface area (Å²) in [7, 11) is 0. The lowest BCUT2D eigenvalue weighted by Crippen LogP contribution is -2.51. The molecule has 2 aliphatic heterocycles. The van der Waals surface area contributed by atoms with Gasteiger partial charge in [0.2, 0.25) is 5.91 Å². The van der Waals surface area contributed by atoms with E-state index in [-0.39, 0.29) is 17.6 Å². The third-order valence-corrected chi connectivity index (χ3v) is 5.30. The van der Waals surface area contributed by atoms with E-state index in [9.17, 15) is 9.18 Å². The third-order valence-electron chi connectivity index (χ3n) is 5.06. The van der Waals surface area contributed by atoms with Crippen LogP contribution in [0.15, 0.2) is 42.5 Å². The van der Waals surface area contributed by atoms with Gasteiger partial charge in [0.1, 0.15) is 18.2 Å². The SMILES string of the molecule is O=C([C@H]1COc2ccc(Cl)cc2C1)N1CCN(c2ccc(F)cc2)CC1. The fourth-order valence-corrected chi connectivity index (χ4v) is 3.81. The molecule has 0 N–H and O–H groups in total. The summed E-state index contributed by atoms with van der Waals surface area (Å²) < 4.78 is 18.8. The first-order valence-corrected chi connectivity index (χ1v) is 9.18. The largest absolute Gasteiger partial charge is 0.492 e. The molecular weight excluding hydrogens is 355 g/mol. The number of fused-ring (bicyclic) bond motifs is 1. The smallest absolute Gasteiger partial charge is 0.229 e. The Morgan fingerprint density at radius 3 is 2.54 bits per heavy atom. The highest BCUT2D eigenvalue weighted by Gasteiger charge is 2.31. The number of hydrogen-bond acceptors (Lipinski definition) is 3. The lowest BCUT2D eigenvalue weighted by Gasteiger charge is -2.38. The second-order valence-electron chi connectivity index (χ2n) is 6.75. The second-order valence-corrected chi connectivity index (χ2v) is 7.19. The van der Waals surface area contributed by atoms with Gasteiger partial charge < -0.3 is 14.5 Å². The lowest BCUT2D eigenvalue weighted by atomic mass is 9.95. The number of hydrogen-bond donors (Lipinski definition) is 0. The topological polar surface area (TPSA) is 32.8 Å². The van der Waals surface area contributed by atoms with Gasteiger partial charge in [-0.05, 0) is 54.4 Å². The fourth-order valence-electron chi connectivity index (χ4n) is 3.62. The van der Waals surface area contributed by atoms with Crippen LogP contribution in [0, 0.1) is 11.7 Å². The van der Waals surface area contributed by atoms with Gasteiger partial charge in [0.15, 0.2) is 0 Å². The number of halogens is 2. The van der Waals surface area contributed by atoms with Crippen molar-refractivity contribution < 1.29 is 13.9 Å². The van der Waals surface area contributed by atoms with Crippen molar-refractivity contribution in [3.63, 3.8) is 0 Å². The fraction of sp³-hybridized carbons (Fsp3) is 0.350. The summed E-state index contributed by atoms with van der Waals surface area (Å²) in [5.74, 6) is 0.549. The number of carbonyl (C=O) groups excluding carboxylic acids is 1. The Balaban J connectivity index is 1.37. The van der Waals surface area contributed by atoms with Crippen molar-refractivity contribution in [1.82, 2.24) is 4.90 Å². The van der Waals surface area contributed by atoms with Gasteiger partial charge in [-0.15, -0.1) is 0 Å². The zero-order chi connectivity index (χ0) is 18.1. The number of nitrogens with zero attached hydrogens (tertiary/aromatic N) is 2. The minimum absolute atomic E-state index is 0.134. The third kappa shape index (κ3) is 3.49. The van der Waals surface area contributed by atoms with Gasteiger partial charge in [0, 0.05) is 36.9 Å². The molecule has 1 fully saturated rings. The van der Waals surface area contributed by atoms with Gasteiger partial charge >= 0.3 is 0 Å². The van der Waals surface area contributed by atoms with Crippen molar-refractivity contribution >= 4 is 23.2 Å². The monoisotopic (exact) mass is 374 g/mol. The first kappa shape index (κ1) is 17.2. The molecule has 0 aliphatic carbocycles. The van der Waals surface area contributed by atoms with Gasteiger partial charge in [-0.25, -0.2) is 4.39 Å². The normalized spacial score (nSPS) is 19.7. The van der Waals surface area contributed by atoms with Gasteiger partial charge in [0.25, 0.3) is 0 Å². The van der Waals surface area contributed by atoms with Gasteiger partial charge in [-0.2, -0.15) is 0 Å². The summed E-state index contributed by atoms with van der Waals surface area (Å²) in [6.45, 7) is 3.22. The molecule has 2 heterocycles. The summed E-state index contributed by atoms with van der Waals surface area (Å²) in [4.78, 5) is 17.0. The molecule has 136 valence electrons. The van der Waals surface area contributed by atoms with Crippen molar-refractivity contribution in [3.8, 4) is 5.75 Å². The van der Waals surface area contributed by atoms with Crippen molar-refractivity contribution in [2.45, 2.75) is 6.42 Å². The molecule has 2 aromatic rings. The Kier molecular flexibility index (Phi) is 4.72. The molecule has 0 radical (unpaired) electrons. The van der Waals surface area contributed by atoms with E-state index >= 15 is 0 Å². The number of benzene rings is 2. The van der Waals surface area contributed by atoms with Crippen LogP contribution in [-0.4, -0.2) is 43.6 Å². The number of amides is 1. The molecule has 4 nitrogen and oxygen atoms in total. The number of piperazine rings is 1. The Labute approximate surface area is 157 Å². The standard InChI is InChI=1S/C20H20ClFN2O2/c21-16-1-6-19-14(12-16)11-15(13-26-19)20(25)24-9-7-23(8-10-24)18-4-2-17(22)3-5-18/h1-6,12,15H,7-11,13H2/t15-/m1/s1. The van der Waals surface area contributed by atoms with E-state index in [2.05, 4.69) is 4.90 Å². The van der Waals surface area contributed by atoms with Crippen molar-refractivity contribution in [1.29, 1.82) is 0 Å². The van der Waals surface area contributed by atoms with E-state index in [1.54, 1.807) is 18.2 Å². The van der Waals surface area contributed by atoms with Crippen LogP contribution < -0.4 is 9.64 Å². The van der Waals surface area contributed by atoms with Crippen LogP contribution in [0.1, 0.15) is 5.56 Å². The van der Waals surface area contributed by atoms with Crippen molar-refractivity contribution in [2.75, 3.05) is 37.7 Å². The van der Waals surface area contributed by atoms with Crippen LogP contribution in [0.3, 0.4) is 0 Å². The average Bonchev–Trinajstić information content (AvgIpc) is 2.67. The van der Waals surface area contributed by atoms with Crippen LogP contribution in [0.5, 0.6) is 5.75 Å². The molecule has 1 amide bonds. The predicted molar refractivity (Wildman–Crippen MR) is 99.3 cm³/mol. The van der Waals surface area contributed by atoms with Crippen LogP contribution in [0.2, 0.25) is 5.02 Å². The second kappa shape index (κ2) is 7.16. The van der Waals surface area contributed by atoms with E-state index in [0.29, 0.717) is 31.1 Å². The zero-order valence-electron chi connectivity index (χ0n) is 14.3. The minimum Gasteiger partial charge on any atom is -0.492 e. The summed E-state index contributed by atoms with van der Waals surface area (Å²) >= 11 is 6.06. The van der Waals surface area contributed by atoms with Crippen LogP contribution in [0.4, 0.5) is 10.1 Å². The highest BCUT2D eigenvalue weighted by Crippen LogP contribution is 2.30. The van der Waals surface area contributed by atoms with Crippen LogP contribution in [-0.2, 0) is 11.2 Å². The van der Waals surface area contributed by atoms with E-state index in [0.717, 1.165) is 30.1 Å². The molecule has 0 unspecified atom stereocenters. The molecule has 0 bridgehead atoms. The average molecular weight is 375 g/mol. The maximum Gasteiger partial charge on any atom is 0.229 e.